The highest BCUT2D eigenvalue weighted by Gasteiger charge is 2.29. The van der Waals surface area contributed by atoms with E-state index < -0.39 is 23.7 Å². The van der Waals surface area contributed by atoms with Gasteiger partial charge < -0.3 is 5.32 Å². The van der Waals surface area contributed by atoms with Crippen molar-refractivity contribution >= 4 is 29.2 Å². The third kappa shape index (κ3) is 5.14. The fourth-order valence-electron chi connectivity index (χ4n) is 2.58. The first-order valence-corrected chi connectivity index (χ1v) is 8.76. The molecule has 2 N–H and O–H groups in total. The largest absolute Gasteiger partial charge is 0.416 e. The first-order valence-electron chi connectivity index (χ1n) is 8.38. The molecule has 0 aromatic heterocycles. The van der Waals surface area contributed by atoms with E-state index in [1.165, 1.54) is 24.3 Å². The standard InChI is InChI=1S/C21H14ClF3N2O2/c22-18-4-2-1-3-17(18)19(28)27-20(29)26-16-11-7-14(8-12-16)13-5-9-15(10-6-13)21(23,24)25/h1-12H,(H2,26,27,28,29). The summed E-state index contributed by atoms with van der Waals surface area (Å²) in [6.45, 7) is 0. The third-order valence-electron chi connectivity index (χ3n) is 4.03. The minimum Gasteiger partial charge on any atom is -0.308 e. The van der Waals surface area contributed by atoms with Gasteiger partial charge in [0.15, 0.2) is 0 Å². The molecular formula is C21H14ClF3N2O2. The number of benzene rings is 3. The van der Waals surface area contributed by atoms with Crippen LogP contribution >= 0.6 is 11.6 Å². The van der Waals surface area contributed by atoms with Gasteiger partial charge >= 0.3 is 12.2 Å². The Balaban J connectivity index is 1.64. The van der Waals surface area contributed by atoms with E-state index >= 15 is 0 Å². The van der Waals surface area contributed by atoms with E-state index in [1.54, 1.807) is 36.4 Å². The maximum Gasteiger partial charge on any atom is 0.416 e. The van der Waals surface area contributed by atoms with Crippen molar-refractivity contribution in [3.63, 3.8) is 0 Å². The van der Waals surface area contributed by atoms with Gasteiger partial charge in [-0.3, -0.25) is 10.1 Å². The van der Waals surface area contributed by atoms with Crippen LogP contribution in [0.15, 0.2) is 72.8 Å². The molecule has 148 valence electrons. The lowest BCUT2D eigenvalue weighted by atomic mass is 10.0. The minimum atomic E-state index is -4.39. The van der Waals surface area contributed by atoms with Gasteiger partial charge in [0.25, 0.3) is 5.91 Å². The first-order chi connectivity index (χ1) is 13.7. The van der Waals surface area contributed by atoms with Crippen LogP contribution in [0.4, 0.5) is 23.7 Å². The molecule has 0 saturated heterocycles. The summed E-state index contributed by atoms with van der Waals surface area (Å²) in [6, 6.07) is 16.8. The molecule has 0 aliphatic heterocycles. The van der Waals surface area contributed by atoms with E-state index in [2.05, 4.69) is 10.6 Å². The van der Waals surface area contributed by atoms with Crippen molar-refractivity contribution < 1.29 is 22.8 Å². The second-order valence-corrected chi connectivity index (χ2v) is 6.45. The average Bonchev–Trinajstić information content (AvgIpc) is 2.68. The van der Waals surface area contributed by atoms with Crippen LogP contribution in [0.1, 0.15) is 15.9 Å². The molecule has 0 spiro atoms. The fraction of sp³-hybridized carbons (Fsp3) is 0.0476. The molecular weight excluding hydrogens is 405 g/mol. The number of carbonyl (C=O) groups is 2. The summed E-state index contributed by atoms with van der Waals surface area (Å²) in [5, 5.41) is 4.90. The lowest BCUT2D eigenvalue weighted by molar-refractivity contribution is -0.137. The van der Waals surface area contributed by atoms with E-state index in [1.807, 2.05) is 0 Å². The molecule has 0 aliphatic rings. The number of imide groups is 1. The van der Waals surface area contributed by atoms with Crippen LogP contribution in [-0.4, -0.2) is 11.9 Å². The van der Waals surface area contributed by atoms with Crippen molar-refractivity contribution in [2.75, 3.05) is 5.32 Å². The molecule has 0 radical (unpaired) electrons. The topological polar surface area (TPSA) is 58.2 Å². The molecule has 3 aromatic rings. The highest BCUT2D eigenvalue weighted by atomic mass is 35.5. The number of hydrogen-bond donors (Lipinski definition) is 2. The summed E-state index contributed by atoms with van der Waals surface area (Å²) in [6.07, 6.45) is -4.39. The van der Waals surface area contributed by atoms with E-state index in [9.17, 15) is 22.8 Å². The van der Waals surface area contributed by atoms with Gasteiger partial charge in [-0.2, -0.15) is 13.2 Å². The molecule has 8 heteroatoms. The molecule has 0 aliphatic carbocycles. The van der Waals surface area contributed by atoms with Crippen molar-refractivity contribution in [1.29, 1.82) is 0 Å². The number of carbonyl (C=O) groups excluding carboxylic acids is 2. The second-order valence-electron chi connectivity index (χ2n) is 6.04. The highest BCUT2D eigenvalue weighted by Crippen LogP contribution is 2.31. The lowest BCUT2D eigenvalue weighted by Crippen LogP contribution is -2.34. The van der Waals surface area contributed by atoms with Gasteiger partial charge in [-0.05, 0) is 47.5 Å². The van der Waals surface area contributed by atoms with Gasteiger partial charge in [0.05, 0.1) is 16.1 Å². The SMILES string of the molecule is O=C(NC(=O)c1ccccc1Cl)Nc1ccc(-c2ccc(C(F)(F)F)cc2)cc1. The van der Waals surface area contributed by atoms with Crippen LogP contribution in [-0.2, 0) is 6.18 Å². The number of amides is 3. The molecule has 0 fully saturated rings. The van der Waals surface area contributed by atoms with Crippen LogP contribution in [0.3, 0.4) is 0 Å². The summed E-state index contributed by atoms with van der Waals surface area (Å²) < 4.78 is 37.9. The smallest absolute Gasteiger partial charge is 0.308 e. The number of alkyl halides is 3. The Morgan fingerprint density at radius 2 is 1.34 bits per heavy atom. The van der Waals surface area contributed by atoms with E-state index in [0.717, 1.165) is 12.1 Å². The Kier molecular flexibility index (Phi) is 5.89. The number of hydrogen-bond acceptors (Lipinski definition) is 2. The predicted octanol–water partition coefficient (Wildman–Crippen LogP) is 5.99. The van der Waals surface area contributed by atoms with Gasteiger partial charge in [-0.1, -0.05) is 48.0 Å². The zero-order valence-electron chi connectivity index (χ0n) is 14.8. The zero-order chi connectivity index (χ0) is 21.0. The number of nitrogens with one attached hydrogen (secondary N) is 2. The molecule has 0 saturated carbocycles. The molecule has 3 rings (SSSR count). The van der Waals surface area contributed by atoms with Gasteiger partial charge in [0.1, 0.15) is 0 Å². The summed E-state index contributed by atoms with van der Waals surface area (Å²) in [4.78, 5) is 24.1. The summed E-state index contributed by atoms with van der Waals surface area (Å²) in [7, 11) is 0. The van der Waals surface area contributed by atoms with Crippen molar-refractivity contribution in [3.05, 3.63) is 88.9 Å². The Hall–Kier alpha value is -3.32. The van der Waals surface area contributed by atoms with Gasteiger partial charge in [-0.15, -0.1) is 0 Å². The summed E-state index contributed by atoms with van der Waals surface area (Å²) >= 11 is 5.92. The number of halogens is 4. The van der Waals surface area contributed by atoms with Crippen LogP contribution < -0.4 is 10.6 Å². The Bertz CT molecular complexity index is 1030. The van der Waals surface area contributed by atoms with Gasteiger partial charge in [0, 0.05) is 5.69 Å². The summed E-state index contributed by atoms with van der Waals surface area (Å²) in [5.74, 6) is -0.644. The maximum absolute atomic E-state index is 12.6. The molecule has 29 heavy (non-hydrogen) atoms. The minimum absolute atomic E-state index is 0.168. The molecule has 0 atom stereocenters. The van der Waals surface area contributed by atoms with Crippen molar-refractivity contribution in [2.24, 2.45) is 0 Å². The highest BCUT2D eigenvalue weighted by molar-refractivity contribution is 6.34. The average molecular weight is 419 g/mol. The van der Waals surface area contributed by atoms with E-state index in [4.69, 9.17) is 11.6 Å². The third-order valence-corrected chi connectivity index (χ3v) is 4.36. The van der Waals surface area contributed by atoms with Crippen LogP contribution in [0.5, 0.6) is 0 Å². The first kappa shape index (κ1) is 20.4. The molecule has 3 amide bonds. The van der Waals surface area contributed by atoms with E-state index in [0.29, 0.717) is 16.8 Å². The fourth-order valence-corrected chi connectivity index (χ4v) is 2.80. The quantitative estimate of drug-likeness (QED) is 0.549. The Labute approximate surface area is 169 Å². The second kappa shape index (κ2) is 8.36. The van der Waals surface area contributed by atoms with Crippen molar-refractivity contribution in [1.82, 2.24) is 5.32 Å². The maximum atomic E-state index is 12.6. The Morgan fingerprint density at radius 3 is 1.90 bits per heavy atom. The van der Waals surface area contributed by atoms with Crippen LogP contribution in [0, 0.1) is 0 Å². The number of rotatable bonds is 3. The van der Waals surface area contributed by atoms with Gasteiger partial charge in [0.2, 0.25) is 0 Å². The van der Waals surface area contributed by atoms with Crippen LogP contribution in [0.25, 0.3) is 11.1 Å². The molecule has 0 heterocycles. The number of urea groups is 1. The predicted molar refractivity (Wildman–Crippen MR) is 105 cm³/mol. The monoisotopic (exact) mass is 418 g/mol. The van der Waals surface area contributed by atoms with E-state index in [-0.39, 0.29) is 10.6 Å². The lowest BCUT2D eigenvalue weighted by Gasteiger charge is -2.10. The Morgan fingerprint density at radius 1 is 0.793 bits per heavy atom. The van der Waals surface area contributed by atoms with Crippen molar-refractivity contribution in [2.45, 2.75) is 6.18 Å². The molecule has 4 nitrogen and oxygen atoms in total. The van der Waals surface area contributed by atoms with Crippen molar-refractivity contribution in [3.8, 4) is 11.1 Å². The molecule has 0 unspecified atom stereocenters. The number of anilines is 1. The normalized spacial score (nSPS) is 11.0. The molecule has 3 aromatic carbocycles. The van der Waals surface area contributed by atoms with Crippen LogP contribution in [0.2, 0.25) is 5.02 Å². The van der Waals surface area contributed by atoms with Gasteiger partial charge in [-0.25, -0.2) is 4.79 Å². The summed E-state index contributed by atoms with van der Waals surface area (Å²) in [5.41, 5.74) is 1.13. The molecule has 0 bridgehead atoms. The zero-order valence-corrected chi connectivity index (χ0v) is 15.5.